The zero-order valence-electron chi connectivity index (χ0n) is 15.1. The molecule has 2 N–H and O–H groups in total. The highest BCUT2D eigenvalue weighted by atomic mass is 16.5. The number of nitrogens with one attached hydrogen (secondary N) is 2. The Morgan fingerprint density at radius 3 is 2.30 bits per heavy atom. The van der Waals surface area contributed by atoms with Crippen LogP contribution in [0.3, 0.4) is 0 Å². The summed E-state index contributed by atoms with van der Waals surface area (Å²) in [5, 5.41) is 5.09. The maximum atomic E-state index is 12.0. The summed E-state index contributed by atoms with van der Waals surface area (Å²) in [6.45, 7) is 2.04. The summed E-state index contributed by atoms with van der Waals surface area (Å²) in [7, 11) is 0. The molecule has 0 spiro atoms. The quantitative estimate of drug-likeness (QED) is 0.655. The second-order valence-corrected chi connectivity index (χ2v) is 5.56. The zero-order chi connectivity index (χ0) is 19.5. The second kappa shape index (κ2) is 10.6. The minimum atomic E-state index is -0.691. The van der Waals surface area contributed by atoms with Crippen molar-refractivity contribution < 1.29 is 23.9 Å². The molecule has 0 aromatic heterocycles. The van der Waals surface area contributed by atoms with E-state index in [4.69, 9.17) is 9.47 Å². The van der Waals surface area contributed by atoms with E-state index in [1.165, 1.54) is 0 Å². The molecule has 7 nitrogen and oxygen atoms in total. The molecule has 27 heavy (non-hydrogen) atoms. The molecule has 0 fully saturated rings. The number of hydrogen-bond donors (Lipinski definition) is 2. The summed E-state index contributed by atoms with van der Waals surface area (Å²) in [5.41, 5.74) is 1.34. The topological polar surface area (TPSA) is 93.7 Å². The molecule has 0 aliphatic carbocycles. The SMILES string of the molecule is CCOc1ccc(C(=O)NCC(=O)OCC(=O)NCc2ccccc2)cc1. The first-order valence-corrected chi connectivity index (χ1v) is 8.55. The van der Waals surface area contributed by atoms with Crippen molar-refractivity contribution in [3.63, 3.8) is 0 Å². The van der Waals surface area contributed by atoms with Crippen LogP contribution >= 0.6 is 0 Å². The number of carbonyl (C=O) groups excluding carboxylic acids is 3. The summed E-state index contributed by atoms with van der Waals surface area (Å²) in [6.07, 6.45) is 0. The van der Waals surface area contributed by atoms with Gasteiger partial charge in [0.15, 0.2) is 6.61 Å². The molecule has 0 atom stereocenters. The minimum absolute atomic E-state index is 0.321. The summed E-state index contributed by atoms with van der Waals surface area (Å²) in [6, 6.07) is 15.9. The van der Waals surface area contributed by atoms with Gasteiger partial charge in [0.25, 0.3) is 11.8 Å². The van der Waals surface area contributed by atoms with E-state index in [1.54, 1.807) is 24.3 Å². The number of benzene rings is 2. The fourth-order valence-electron chi connectivity index (χ4n) is 2.17. The summed E-state index contributed by atoms with van der Waals surface area (Å²) < 4.78 is 10.1. The van der Waals surface area contributed by atoms with E-state index in [0.717, 1.165) is 5.56 Å². The van der Waals surface area contributed by atoms with Gasteiger partial charge in [0, 0.05) is 12.1 Å². The highest BCUT2D eigenvalue weighted by Gasteiger charge is 2.11. The van der Waals surface area contributed by atoms with Crippen molar-refractivity contribution in [2.45, 2.75) is 13.5 Å². The average Bonchev–Trinajstić information content (AvgIpc) is 2.70. The molecule has 7 heteroatoms. The molecule has 2 aromatic carbocycles. The predicted molar refractivity (Wildman–Crippen MR) is 99.2 cm³/mol. The molecule has 2 aromatic rings. The fraction of sp³-hybridized carbons (Fsp3) is 0.250. The van der Waals surface area contributed by atoms with Crippen LogP contribution in [0.2, 0.25) is 0 Å². The third-order valence-electron chi connectivity index (χ3n) is 3.52. The lowest BCUT2D eigenvalue weighted by Crippen LogP contribution is -2.33. The molecule has 0 aliphatic rings. The molecule has 0 aliphatic heterocycles. The Bertz CT molecular complexity index is 760. The van der Waals surface area contributed by atoms with Gasteiger partial charge in [-0.05, 0) is 36.8 Å². The van der Waals surface area contributed by atoms with Gasteiger partial charge in [-0.25, -0.2) is 0 Å². The Balaban J connectivity index is 1.66. The van der Waals surface area contributed by atoms with Crippen molar-refractivity contribution in [3.05, 3.63) is 65.7 Å². The first-order valence-electron chi connectivity index (χ1n) is 8.55. The molecule has 0 saturated carbocycles. The summed E-state index contributed by atoms with van der Waals surface area (Å²) in [5.74, 6) is -0.854. The van der Waals surface area contributed by atoms with Crippen molar-refractivity contribution >= 4 is 17.8 Å². The van der Waals surface area contributed by atoms with Gasteiger partial charge in [0.05, 0.1) is 6.61 Å². The van der Waals surface area contributed by atoms with E-state index >= 15 is 0 Å². The van der Waals surface area contributed by atoms with E-state index in [-0.39, 0.29) is 6.54 Å². The van der Waals surface area contributed by atoms with Crippen LogP contribution in [-0.2, 0) is 20.9 Å². The van der Waals surface area contributed by atoms with Crippen LogP contribution < -0.4 is 15.4 Å². The van der Waals surface area contributed by atoms with E-state index in [2.05, 4.69) is 10.6 Å². The van der Waals surface area contributed by atoms with Gasteiger partial charge in [0.2, 0.25) is 0 Å². The van der Waals surface area contributed by atoms with Crippen LogP contribution in [0.15, 0.2) is 54.6 Å². The number of ether oxygens (including phenoxy) is 2. The van der Waals surface area contributed by atoms with Gasteiger partial charge in [-0.15, -0.1) is 0 Å². The number of hydrogen-bond acceptors (Lipinski definition) is 5. The van der Waals surface area contributed by atoms with Crippen LogP contribution in [0.25, 0.3) is 0 Å². The third-order valence-corrected chi connectivity index (χ3v) is 3.52. The van der Waals surface area contributed by atoms with Crippen LogP contribution in [0.4, 0.5) is 0 Å². The Morgan fingerprint density at radius 2 is 1.63 bits per heavy atom. The number of carbonyl (C=O) groups is 3. The lowest BCUT2D eigenvalue weighted by atomic mass is 10.2. The highest BCUT2D eigenvalue weighted by molar-refractivity contribution is 5.96. The van der Waals surface area contributed by atoms with Crippen molar-refractivity contribution in [2.24, 2.45) is 0 Å². The molecule has 0 saturated heterocycles. The maximum absolute atomic E-state index is 12.0. The predicted octanol–water partition coefficient (Wildman–Crippen LogP) is 1.67. The lowest BCUT2D eigenvalue weighted by Gasteiger charge is -2.08. The zero-order valence-corrected chi connectivity index (χ0v) is 15.1. The monoisotopic (exact) mass is 370 g/mol. The molecule has 0 radical (unpaired) electrons. The standard InChI is InChI=1S/C20H22N2O5/c1-2-26-17-10-8-16(9-11-17)20(25)22-13-19(24)27-14-18(23)21-12-15-6-4-3-5-7-15/h3-11H,2,12-14H2,1H3,(H,21,23)(H,22,25). The first-order chi connectivity index (χ1) is 13.1. The molecule has 0 unspecified atom stereocenters. The van der Waals surface area contributed by atoms with Crippen LogP contribution in [0.5, 0.6) is 5.75 Å². The highest BCUT2D eigenvalue weighted by Crippen LogP contribution is 2.11. The molecule has 0 heterocycles. The molecule has 2 rings (SSSR count). The van der Waals surface area contributed by atoms with Gasteiger partial charge >= 0.3 is 5.97 Å². The Labute approximate surface area is 157 Å². The van der Waals surface area contributed by atoms with E-state index in [1.807, 2.05) is 37.3 Å². The molecule has 2 amide bonds. The Hall–Kier alpha value is -3.35. The molecular formula is C20H22N2O5. The molecule has 142 valence electrons. The minimum Gasteiger partial charge on any atom is -0.494 e. The second-order valence-electron chi connectivity index (χ2n) is 5.56. The van der Waals surface area contributed by atoms with Crippen molar-refractivity contribution in [1.82, 2.24) is 10.6 Å². The van der Waals surface area contributed by atoms with Crippen molar-refractivity contribution in [3.8, 4) is 5.75 Å². The summed E-state index contributed by atoms with van der Waals surface area (Å²) >= 11 is 0. The molecule has 0 bridgehead atoms. The fourth-order valence-corrected chi connectivity index (χ4v) is 2.17. The van der Waals surface area contributed by atoms with Crippen molar-refractivity contribution in [1.29, 1.82) is 0 Å². The Morgan fingerprint density at radius 1 is 0.926 bits per heavy atom. The van der Waals surface area contributed by atoms with Crippen LogP contribution in [0.1, 0.15) is 22.8 Å². The third kappa shape index (κ3) is 7.19. The van der Waals surface area contributed by atoms with E-state index in [0.29, 0.717) is 24.5 Å². The molecular weight excluding hydrogens is 348 g/mol. The largest absolute Gasteiger partial charge is 0.494 e. The van der Waals surface area contributed by atoms with Gasteiger partial charge in [-0.3, -0.25) is 14.4 Å². The number of esters is 1. The number of rotatable bonds is 9. The lowest BCUT2D eigenvalue weighted by molar-refractivity contribution is -0.147. The summed E-state index contributed by atoms with van der Waals surface area (Å²) in [4.78, 5) is 35.3. The van der Waals surface area contributed by atoms with Gasteiger partial charge < -0.3 is 20.1 Å². The Kier molecular flexibility index (Phi) is 7.84. The van der Waals surface area contributed by atoms with E-state index in [9.17, 15) is 14.4 Å². The number of amides is 2. The normalized spacial score (nSPS) is 9.96. The smallest absolute Gasteiger partial charge is 0.325 e. The van der Waals surface area contributed by atoms with Crippen LogP contribution in [0, 0.1) is 0 Å². The van der Waals surface area contributed by atoms with Gasteiger partial charge in [0.1, 0.15) is 12.3 Å². The van der Waals surface area contributed by atoms with Crippen molar-refractivity contribution in [2.75, 3.05) is 19.8 Å². The maximum Gasteiger partial charge on any atom is 0.325 e. The van der Waals surface area contributed by atoms with Gasteiger partial charge in [-0.1, -0.05) is 30.3 Å². The van der Waals surface area contributed by atoms with Gasteiger partial charge in [-0.2, -0.15) is 0 Å². The first kappa shape index (κ1) is 20.0. The van der Waals surface area contributed by atoms with Crippen LogP contribution in [-0.4, -0.2) is 37.5 Å². The van der Waals surface area contributed by atoms with E-state index < -0.39 is 24.4 Å². The average molecular weight is 370 g/mol.